The summed E-state index contributed by atoms with van der Waals surface area (Å²) >= 11 is 0. The third-order valence-corrected chi connectivity index (χ3v) is 4.89. The van der Waals surface area contributed by atoms with Crippen LogP contribution in [0.4, 0.5) is 0 Å². The Kier molecular flexibility index (Phi) is 3.59. The van der Waals surface area contributed by atoms with E-state index < -0.39 is 27.8 Å². The average Bonchev–Trinajstić information content (AvgIpc) is 2.93. The molecule has 126 valence electrons. The van der Waals surface area contributed by atoms with Gasteiger partial charge in [0.1, 0.15) is 0 Å². The summed E-state index contributed by atoms with van der Waals surface area (Å²) in [6, 6.07) is 2.82. The van der Waals surface area contributed by atoms with Gasteiger partial charge in [0, 0.05) is 12.1 Å². The largest absolute Gasteiger partial charge is 0.274 e. The molecule has 6 nitrogen and oxygen atoms in total. The highest BCUT2D eigenvalue weighted by atomic mass is 16.2. The monoisotopic (exact) mass is 328 g/mol. The highest BCUT2D eigenvalue weighted by molar-refractivity contribution is 5.97. The van der Waals surface area contributed by atoms with E-state index in [0.29, 0.717) is 19.4 Å². The van der Waals surface area contributed by atoms with E-state index in [-0.39, 0.29) is 21.5 Å². The van der Waals surface area contributed by atoms with Crippen molar-refractivity contribution in [2.24, 2.45) is 0 Å². The van der Waals surface area contributed by atoms with Crippen LogP contribution in [0.1, 0.15) is 40.5 Å². The molecule has 0 fully saturated rings. The first-order valence-electron chi connectivity index (χ1n) is 8.17. The minimum atomic E-state index is -0.625. The Bertz CT molecular complexity index is 1080. The van der Waals surface area contributed by atoms with Gasteiger partial charge in [-0.2, -0.15) is 0 Å². The molecule has 2 heterocycles. The van der Waals surface area contributed by atoms with Crippen molar-refractivity contribution in [3.63, 3.8) is 0 Å². The fourth-order valence-corrected chi connectivity index (χ4v) is 3.16. The standard InChI is InChI=1S/C18H20N2O4/c1-5-7-19-14(21)10-8-12-13(9-11(10)15(19)22)17(24)20(16(12)23)18(3,4)6-2/h8-9H,5-7H2,1-4H3. The van der Waals surface area contributed by atoms with Gasteiger partial charge in [-0.1, -0.05) is 13.8 Å². The van der Waals surface area contributed by atoms with E-state index in [1.54, 1.807) is 0 Å². The molecule has 0 radical (unpaired) electrons. The molecule has 0 amide bonds. The van der Waals surface area contributed by atoms with Crippen molar-refractivity contribution in [1.29, 1.82) is 0 Å². The molecule has 2 aromatic heterocycles. The number of benzene rings is 1. The summed E-state index contributed by atoms with van der Waals surface area (Å²) in [5.74, 6) is 0. The molecule has 0 atom stereocenters. The fourth-order valence-electron chi connectivity index (χ4n) is 3.16. The van der Waals surface area contributed by atoms with E-state index in [9.17, 15) is 19.2 Å². The third-order valence-electron chi connectivity index (χ3n) is 4.89. The predicted molar refractivity (Wildman–Crippen MR) is 94.8 cm³/mol. The highest BCUT2D eigenvalue weighted by Crippen LogP contribution is 2.20. The van der Waals surface area contributed by atoms with Crippen LogP contribution in [0.2, 0.25) is 0 Å². The summed E-state index contributed by atoms with van der Waals surface area (Å²) in [7, 11) is 0. The van der Waals surface area contributed by atoms with Crippen LogP contribution in [-0.2, 0) is 12.1 Å². The molecular weight excluding hydrogens is 308 g/mol. The van der Waals surface area contributed by atoms with Gasteiger partial charge in [0.15, 0.2) is 0 Å². The van der Waals surface area contributed by atoms with Gasteiger partial charge in [0.2, 0.25) is 0 Å². The molecule has 3 rings (SSSR count). The second-order valence-corrected chi connectivity index (χ2v) is 6.82. The quantitative estimate of drug-likeness (QED) is 0.726. The number of rotatable bonds is 4. The first-order chi connectivity index (χ1) is 11.2. The molecule has 0 unspecified atom stereocenters. The molecule has 0 N–H and O–H groups in total. The highest BCUT2D eigenvalue weighted by Gasteiger charge is 2.26. The molecule has 6 heteroatoms. The minimum absolute atomic E-state index is 0.208. The topological polar surface area (TPSA) is 78.1 Å². The van der Waals surface area contributed by atoms with Gasteiger partial charge >= 0.3 is 0 Å². The van der Waals surface area contributed by atoms with Crippen LogP contribution in [0.25, 0.3) is 21.5 Å². The lowest BCUT2D eigenvalue weighted by atomic mass is 10.0. The minimum Gasteiger partial charge on any atom is -0.274 e. The summed E-state index contributed by atoms with van der Waals surface area (Å²) in [5.41, 5.74) is -2.22. The Balaban J connectivity index is 2.49. The first-order valence-corrected chi connectivity index (χ1v) is 8.17. The Morgan fingerprint density at radius 3 is 1.58 bits per heavy atom. The Labute approximate surface area is 137 Å². The maximum absolute atomic E-state index is 12.7. The number of fused-ring (bicyclic) bond motifs is 2. The smallest absolute Gasteiger partial charge is 0.262 e. The summed E-state index contributed by atoms with van der Waals surface area (Å²) in [6.45, 7) is 7.75. The molecule has 1 aromatic carbocycles. The maximum Gasteiger partial charge on any atom is 0.262 e. The third kappa shape index (κ3) is 2.02. The summed E-state index contributed by atoms with van der Waals surface area (Å²) in [6.07, 6.45) is 1.27. The van der Waals surface area contributed by atoms with E-state index in [4.69, 9.17) is 0 Å². The Morgan fingerprint density at radius 1 is 0.792 bits per heavy atom. The van der Waals surface area contributed by atoms with Crippen molar-refractivity contribution in [3.8, 4) is 0 Å². The van der Waals surface area contributed by atoms with Crippen molar-refractivity contribution in [2.45, 2.75) is 52.6 Å². The molecule has 0 aliphatic carbocycles. The van der Waals surface area contributed by atoms with Crippen LogP contribution in [0.3, 0.4) is 0 Å². The van der Waals surface area contributed by atoms with Crippen LogP contribution < -0.4 is 22.2 Å². The van der Waals surface area contributed by atoms with Crippen molar-refractivity contribution >= 4 is 21.5 Å². The van der Waals surface area contributed by atoms with Crippen LogP contribution in [0.5, 0.6) is 0 Å². The van der Waals surface area contributed by atoms with Gasteiger partial charge in [-0.15, -0.1) is 0 Å². The van der Waals surface area contributed by atoms with Crippen LogP contribution in [0.15, 0.2) is 31.3 Å². The SMILES string of the molecule is CCCn1c(=O)c2cc3c(=O)n(C(C)(C)CC)c(=O)c3cc2c1=O. The summed E-state index contributed by atoms with van der Waals surface area (Å²) < 4.78 is 2.40. The lowest BCUT2D eigenvalue weighted by Crippen LogP contribution is -2.40. The lowest BCUT2D eigenvalue weighted by Gasteiger charge is -2.22. The van der Waals surface area contributed by atoms with Crippen LogP contribution in [0, 0.1) is 0 Å². The zero-order valence-corrected chi connectivity index (χ0v) is 14.3. The maximum atomic E-state index is 12.7. The van der Waals surface area contributed by atoms with E-state index in [1.807, 2.05) is 27.7 Å². The molecular formula is C18H20N2O4. The summed E-state index contributed by atoms with van der Waals surface area (Å²) in [5, 5.41) is 0.841. The molecule has 0 saturated heterocycles. The van der Waals surface area contributed by atoms with E-state index >= 15 is 0 Å². The number of aromatic nitrogens is 2. The second-order valence-electron chi connectivity index (χ2n) is 6.82. The van der Waals surface area contributed by atoms with Gasteiger partial charge in [-0.25, -0.2) is 0 Å². The average molecular weight is 328 g/mol. The van der Waals surface area contributed by atoms with Gasteiger partial charge in [0.05, 0.1) is 21.5 Å². The number of hydrogen-bond acceptors (Lipinski definition) is 4. The fraction of sp³-hybridized carbons (Fsp3) is 0.444. The zero-order valence-electron chi connectivity index (χ0n) is 14.3. The zero-order chi connectivity index (χ0) is 17.8. The second kappa shape index (κ2) is 5.26. The van der Waals surface area contributed by atoms with Crippen LogP contribution in [-0.4, -0.2) is 9.13 Å². The number of nitrogens with zero attached hydrogens (tertiary/aromatic N) is 2. The van der Waals surface area contributed by atoms with E-state index in [2.05, 4.69) is 0 Å². The van der Waals surface area contributed by atoms with E-state index in [0.717, 1.165) is 0 Å². The van der Waals surface area contributed by atoms with Gasteiger partial charge < -0.3 is 0 Å². The molecule has 3 aromatic rings. The first kappa shape index (κ1) is 16.4. The van der Waals surface area contributed by atoms with Crippen molar-refractivity contribution in [1.82, 2.24) is 9.13 Å². The Morgan fingerprint density at radius 2 is 1.21 bits per heavy atom. The normalized spacial score (nSPS) is 12.5. The molecule has 0 aliphatic rings. The summed E-state index contributed by atoms with van der Waals surface area (Å²) in [4.78, 5) is 50.2. The molecule has 0 aliphatic heterocycles. The van der Waals surface area contributed by atoms with E-state index in [1.165, 1.54) is 21.3 Å². The van der Waals surface area contributed by atoms with Crippen molar-refractivity contribution < 1.29 is 0 Å². The van der Waals surface area contributed by atoms with Gasteiger partial charge in [-0.05, 0) is 38.8 Å². The molecule has 0 spiro atoms. The Hall–Kier alpha value is -2.50. The lowest BCUT2D eigenvalue weighted by molar-refractivity contribution is 0.328. The van der Waals surface area contributed by atoms with Gasteiger partial charge in [0.25, 0.3) is 22.2 Å². The van der Waals surface area contributed by atoms with Gasteiger partial charge in [-0.3, -0.25) is 28.3 Å². The van der Waals surface area contributed by atoms with Crippen molar-refractivity contribution in [2.75, 3.05) is 0 Å². The van der Waals surface area contributed by atoms with Crippen LogP contribution >= 0.6 is 0 Å². The predicted octanol–water partition coefficient (Wildman–Crippen LogP) is 1.47. The number of hydrogen-bond donors (Lipinski definition) is 0. The molecule has 24 heavy (non-hydrogen) atoms. The van der Waals surface area contributed by atoms with Crippen molar-refractivity contribution in [3.05, 3.63) is 53.5 Å². The molecule has 0 bridgehead atoms. The molecule has 0 saturated carbocycles.